The lowest BCUT2D eigenvalue weighted by atomic mass is 10.1. The summed E-state index contributed by atoms with van der Waals surface area (Å²) in [4.78, 5) is 12.4. The molecule has 1 aliphatic rings. The summed E-state index contributed by atoms with van der Waals surface area (Å²) >= 11 is 0. The smallest absolute Gasteiger partial charge is 0.304 e. The molecule has 6 nitrogen and oxygen atoms in total. The fraction of sp³-hybridized carbons (Fsp3) is 0.875. The zero-order valence-electron chi connectivity index (χ0n) is 8.42. The summed E-state index contributed by atoms with van der Waals surface area (Å²) in [7, 11) is -3.45. The first-order valence-electron chi connectivity index (χ1n) is 4.85. The average molecular weight is 236 g/mol. The number of nitrogens with two attached hydrogens (primary N) is 1. The molecule has 15 heavy (non-hydrogen) atoms. The minimum absolute atomic E-state index is 0.0377. The summed E-state index contributed by atoms with van der Waals surface area (Å²) in [5, 5.41) is 13.5. The molecule has 1 atom stereocenters. The van der Waals surface area contributed by atoms with Gasteiger partial charge in [0.2, 0.25) is 10.0 Å². The third-order valence-corrected chi connectivity index (χ3v) is 3.32. The van der Waals surface area contributed by atoms with E-state index in [1.54, 1.807) is 0 Å². The van der Waals surface area contributed by atoms with Crippen LogP contribution in [0.1, 0.15) is 19.3 Å². The number of likely N-dealkylation sites (tertiary alicyclic amines) is 1. The number of carbonyl (C=O) groups is 1. The summed E-state index contributed by atoms with van der Waals surface area (Å²) in [5.41, 5.74) is 0. The molecule has 1 unspecified atom stereocenters. The molecule has 0 aliphatic carbocycles. The van der Waals surface area contributed by atoms with Crippen LogP contribution in [0.25, 0.3) is 0 Å². The number of carboxylic acids is 1. The van der Waals surface area contributed by atoms with Crippen LogP contribution < -0.4 is 5.14 Å². The first kappa shape index (κ1) is 12.4. The average Bonchev–Trinajstić information content (AvgIpc) is 2.46. The Morgan fingerprint density at radius 2 is 2.20 bits per heavy atom. The van der Waals surface area contributed by atoms with E-state index in [1.165, 1.54) is 0 Å². The van der Waals surface area contributed by atoms with Gasteiger partial charge in [-0.25, -0.2) is 13.6 Å². The molecule has 1 saturated heterocycles. The Morgan fingerprint density at radius 1 is 1.53 bits per heavy atom. The lowest BCUT2D eigenvalue weighted by Crippen LogP contribution is -2.36. The minimum Gasteiger partial charge on any atom is -0.481 e. The molecule has 3 N–H and O–H groups in total. The summed E-state index contributed by atoms with van der Waals surface area (Å²) < 4.78 is 21.5. The zero-order chi connectivity index (χ0) is 11.5. The lowest BCUT2D eigenvalue weighted by molar-refractivity contribution is -0.138. The molecule has 88 valence electrons. The second-order valence-corrected chi connectivity index (χ2v) is 5.53. The number of primary sulfonamides is 1. The molecule has 1 aliphatic heterocycles. The SMILES string of the molecule is NS(=O)(=O)CCN1CCCC1CC(=O)O. The van der Waals surface area contributed by atoms with Crippen molar-refractivity contribution in [2.75, 3.05) is 18.8 Å². The van der Waals surface area contributed by atoms with Gasteiger partial charge in [0.15, 0.2) is 0 Å². The number of carboxylic acid groups (broad SMARTS) is 1. The fourth-order valence-electron chi connectivity index (χ4n) is 1.87. The lowest BCUT2D eigenvalue weighted by Gasteiger charge is -2.22. The zero-order valence-corrected chi connectivity index (χ0v) is 9.24. The van der Waals surface area contributed by atoms with Crippen molar-refractivity contribution < 1.29 is 18.3 Å². The molecule has 0 aromatic heterocycles. The molecule has 0 amide bonds. The number of hydrogen-bond acceptors (Lipinski definition) is 4. The van der Waals surface area contributed by atoms with Crippen LogP contribution in [0.15, 0.2) is 0 Å². The van der Waals surface area contributed by atoms with Crippen molar-refractivity contribution in [2.45, 2.75) is 25.3 Å². The van der Waals surface area contributed by atoms with Crippen molar-refractivity contribution in [1.82, 2.24) is 4.90 Å². The van der Waals surface area contributed by atoms with E-state index in [-0.39, 0.29) is 18.2 Å². The predicted molar refractivity (Wildman–Crippen MR) is 54.8 cm³/mol. The topological polar surface area (TPSA) is 101 Å². The van der Waals surface area contributed by atoms with Gasteiger partial charge in [0.05, 0.1) is 12.2 Å². The Labute approximate surface area is 89.1 Å². The maximum absolute atomic E-state index is 10.8. The number of rotatable bonds is 5. The van der Waals surface area contributed by atoms with E-state index in [1.807, 2.05) is 4.90 Å². The number of sulfonamides is 1. The quantitative estimate of drug-likeness (QED) is 0.651. The first-order chi connectivity index (χ1) is 6.88. The molecule has 0 saturated carbocycles. The van der Waals surface area contributed by atoms with Gasteiger partial charge < -0.3 is 5.11 Å². The highest BCUT2D eigenvalue weighted by molar-refractivity contribution is 7.89. The number of hydrogen-bond donors (Lipinski definition) is 2. The van der Waals surface area contributed by atoms with Crippen molar-refractivity contribution in [3.8, 4) is 0 Å². The minimum atomic E-state index is -3.45. The summed E-state index contributed by atoms with van der Waals surface area (Å²) in [6, 6.07) is -0.0377. The van der Waals surface area contributed by atoms with Crippen LogP contribution in [-0.2, 0) is 14.8 Å². The van der Waals surface area contributed by atoms with Crippen molar-refractivity contribution in [3.05, 3.63) is 0 Å². The summed E-state index contributed by atoms with van der Waals surface area (Å²) in [6.07, 6.45) is 1.81. The standard InChI is InChI=1S/C8H16N2O4S/c9-15(13,14)5-4-10-3-1-2-7(10)6-8(11)12/h7H,1-6H2,(H,11,12)(H2,9,13,14). The third-order valence-electron chi connectivity index (χ3n) is 2.57. The van der Waals surface area contributed by atoms with Gasteiger partial charge in [-0.2, -0.15) is 0 Å². The van der Waals surface area contributed by atoms with Crippen LogP contribution in [0.3, 0.4) is 0 Å². The predicted octanol–water partition coefficient (Wildman–Crippen LogP) is -0.786. The highest BCUT2D eigenvalue weighted by Crippen LogP contribution is 2.19. The monoisotopic (exact) mass is 236 g/mol. The molecular formula is C8H16N2O4S. The van der Waals surface area contributed by atoms with E-state index < -0.39 is 16.0 Å². The molecule has 7 heteroatoms. The molecule has 0 bridgehead atoms. The third kappa shape index (κ3) is 4.59. The highest BCUT2D eigenvalue weighted by Gasteiger charge is 2.26. The van der Waals surface area contributed by atoms with Gasteiger partial charge in [-0.3, -0.25) is 9.69 Å². The van der Waals surface area contributed by atoms with Gasteiger partial charge in [-0.15, -0.1) is 0 Å². The van der Waals surface area contributed by atoms with Crippen molar-refractivity contribution in [1.29, 1.82) is 0 Å². The Kier molecular flexibility index (Phi) is 4.06. The van der Waals surface area contributed by atoms with Crippen LogP contribution in [0, 0.1) is 0 Å². The van der Waals surface area contributed by atoms with Crippen molar-refractivity contribution >= 4 is 16.0 Å². The van der Waals surface area contributed by atoms with Crippen molar-refractivity contribution in [2.24, 2.45) is 5.14 Å². The molecular weight excluding hydrogens is 220 g/mol. The van der Waals surface area contributed by atoms with Gasteiger partial charge in [0.1, 0.15) is 0 Å². The van der Waals surface area contributed by atoms with Crippen LogP contribution in [0.4, 0.5) is 0 Å². The number of aliphatic carboxylic acids is 1. The molecule has 0 aromatic rings. The summed E-state index contributed by atoms with van der Waals surface area (Å²) in [6.45, 7) is 1.09. The van der Waals surface area contributed by atoms with Crippen LogP contribution in [-0.4, -0.2) is 49.3 Å². The molecule has 0 aromatic carbocycles. The van der Waals surface area contributed by atoms with Crippen LogP contribution in [0.5, 0.6) is 0 Å². The maximum atomic E-state index is 10.8. The van der Waals surface area contributed by atoms with Crippen LogP contribution >= 0.6 is 0 Å². The molecule has 1 rings (SSSR count). The van der Waals surface area contributed by atoms with Crippen molar-refractivity contribution in [3.63, 3.8) is 0 Å². The summed E-state index contributed by atoms with van der Waals surface area (Å²) in [5.74, 6) is -0.953. The second kappa shape index (κ2) is 4.91. The molecule has 1 heterocycles. The molecule has 0 radical (unpaired) electrons. The Bertz CT molecular complexity index is 328. The fourth-order valence-corrected chi connectivity index (χ4v) is 2.36. The molecule has 1 fully saturated rings. The van der Waals surface area contributed by atoms with Gasteiger partial charge in [-0.05, 0) is 19.4 Å². The normalized spacial score (nSPS) is 23.1. The van der Waals surface area contributed by atoms with Gasteiger partial charge in [0, 0.05) is 12.6 Å². The van der Waals surface area contributed by atoms with E-state index in [9.17, 15) is 13.2 Å². The van der Waals surface area contributed by atoms with E-state index in [2.05, 4.69) is 0 Å². The van der Waals surface area contributed by atoms with Gasteiger partial charge >= 0.3 is 5.97 Å². The highest BCUT2D eigenvalue weighted by atomic mass is 32.2. The van der Waals surface area contributed by atoms with Gasteiger partial charge in [-0.1, -0.05) is 0 Å². The first-order valence-corrected chi connectivity index (χ1v) is 6.56. The molecule has 0 spiro atoms. The largest absolute Gasteiger partial charge is 0.481 e. The Hall–Kier alpha value is -0.660. The second-order valence-electron chi connectivity index (χ2n) is 3.80. The maximum Gasteiger partial charge on any atom is 0.304 e. The Balaban J connectivity index is 2.43. The van der Waals surface area contributed by atoms with Crippen LogP contribution in [0.2, 0.25) is 0 Å². The van der Waals surface area contributed by atoms with Gasteiger partial charge in [0.25, 0.3) is 0 Å². The Morgan fingerprint density at radius 3 is 2.73 bits per heavy atom. The number of nitrogens with zero attached hydrogens (tertiary/aromatic N) is 1. The van der Waals surface area contributed by atoms with E-state index in [0.29, 0.717) is 6.54 Å². The van der Waals surface area contributed by atoms with E-state index in [0.717, 1.165) is 19.4 Å². The van der Waals surface area contributed by atoms with E-state index in [4.69, 9.17) is 10.2 Å². The van der Waals surface area contributed by atoms with E-state index >= 15 is 0 Å².